The molecule has 0 radical (unpaired) electrons. The van der Waals surface area contributed by atoms with E-state index in [1.165, 1.54) is 0 Å². The normalized spacial score (nSPS) is 14.8. The molecule has 0 unspecified atom stereocenters. The SMILES string of the molecule is CC(C)(CN)COC(C)(C)CCO.CC(C)CCOCC(=O)ON1C(=O)CCC1=O. The molecule has 9 heteroatoms. The molecule has 2 amide bonds. The molecule has 0 aromatic rings. The monoisotopic (exact) mass is 432 g/mol. The molecule has 0 aliphatic carbocycles. The number of nitrogens with zero attached hydrogens (tertiary/aromatic N) is 1. The Bertz CT molecular complexity index is 531. The van der Waals surface area contributed by atoms with Gasteiger partial charge in [-0.05, 0) is 39.2 Å². The molecule has 1 fully saturated rings. The number of rotatable bonds is 12. The van der Waals surface area contributed by atoms with Crippen molar-refractivity contribution in [3.8, 4) is 0 Å². The molecule has 1 aliphatic rings. The zero-order valence-corrected chi connectivity index (χ0v) is 19.4. The van der Waals surface area contributed by atoms with Gasteiger partial charge in [-0.25, -0.2) is 4.79 Å². The van der Waals surface area contributed by atoms with E-state index < -0.39 is 17.8 Å². The number of hydrogen-bond donors (Lipinski definition) is 2. The highest BCUT2D eigenvalue weighted by molar-refractivity contribution is 6.01. The lowest BCUT2D eigenvalue weighted by molar-refractivity contribution is -0.200. The van der Waals surface area contributed by atoms with Crippen molar-refractivity contribution in [1.82, 2.24) is 5.06 Å². The van der Waals surface area contributed by atoms with Crippen LogP contribution in [0, 0.1) is 11.3 Å². The number of aliphatic hydroxyl groups is 1. The molecule has 9 nitrogen and oxygen atoms in total. The fraction of sp³-hybridized carbons (Fsp3) is 0.857. The van der Waals surface area contributed by atoms with Gasteiger partial charge in [0.25, 0.3) is 11.8 Å². The topological polar surface area (TPSA) is 128 Å². The Hall–Kier alpha value is -1.55. The fourth-order valence-corrected chi connectivity index (χ4v) is 2.05. The largest absolute Gasteiger partial charge is 0.396 e. The summed E-state index contributed by atoms with van der Waals surface area (Å²) in [7, 11) is 0. The van der Waals surface area contributed by atoms with Gasteiger partial charge >= 0.3 is 5.97 Å². The van der Waals surface area contributed by atoms with Crippen LogP contribution in [-0.4, -0.2) is 66.5 Å². The minimum Gasteiger partial charge on any atom is -0.396 e. The molecule has 1 rings (SSSR count). The molecule has 176 valence electrons. The maximum atomic E-state index is 11.2. The van der Waals surface area contributed by atoms with E-state index in [1.807, 2.05) is 27.7 Å². The molecule has 1 saturated heterocycles. The third kappa shape index (κ3) is 12.9. The second-order valence-corrected chi connectivity index (χ2v) is 9.17. The number of amides is 2. The van der Waals surface area contributed by atoms with E-state index in [0.717, 1.165) is 6.42 Å². The smallest absolute Gasteiger partial charge is 0.358 e. The lowest BCUT2D eigenvalue weighted by atomic mass is 9.94. The quantitative estimate of drug-likeness (QED) is 0.353. The molecule has 0 atom stereocenters. The fourth-order valence-electron chi connectivity index (χ4n) is 2.05. The molecule has 0 bridgehead atoms. The van der Waals surface area contributed by atoms with Gasteiger partial charge < -0.3 is 25.2 Å². The highest BCUT2D eigenvalue weighted by Gasteiger charge is 2.32. The molecule has 3 N–H and O–H groups in total. The van der Waals surface area contributed by atoms with E-state index in [4.69, 9.17) is 20.3 Å². The first-order valence-corrected chi connectivity index (χ1v) is 10.4. The minimum atomic E-state index is -0.725. The highest BCUT2D eigenvalue weighted by atomic mass is 16.7. The predicted molar refractivity (Wildman–Crippen MR) is 112 cm³/mol. The van der Waals surface area contributed by atoms with E-state index in [-0.39, 0.29) is 37.1 Å². The van der Waals surface area contributed by atoms with Gasteiger partial charge in [-0.15, -0.1) is 5.06 Å². The molecule has 0 saturated carbocycles. The third-order valence-corrected chi connectivity index (χ3v) is 4.38. The van der Waals surface area contributed by atoms with Crippen LogP contribution >= 0.6 is 0 Å². The summed E-state index contributed by atoms with van der Waals surface area (Å²) in [4.78, 5) is 38.1. The molecule has 1 aliphatic heterocycles. The van der Waals surface area contributed by atoms with Gasteiger partial charge in [0.05, 0.1) is 12.2 Å². The first-order chi connectivity index (χ1) is 13.8. The van der Waals surface area contributed by atoms with E-state index in [2.05, 4.69) is 18.7 Å². The highest BCUT2D eigenvalue weighted by Crippen LogP contribution is 2.20. The van der Waals surface area contributed by atoms with Crippen LogP contribution in [0.1, 0.15) is 67.2 Å². The van der Waals surface area contributed by atoms with Gasteiger partial charge in [0.15, 0.2) is 0 Å². The Balaban J connectivity index is 0.000000584. The summed E-state index contributed by atoms with van der Waals surface area (Å²) < 4.78 is 10.7. The van der Waals surface area contributed by atoms with Crippen molar-refractivity contribution >= 4 is 17.8 Å². The van der Waals surface area contributed by atoms with Gasteiger partial charge in [0.1, 0.15) is 6.61 Å². The van der Waals surface area contributed by atoms with Crippen molar-refractivity contribution in [2.75, 3.05) is 33.0 Å². The molecule has 1 heterocycles. The number of aliphatic hydroxyl groups excluding tert-OH is 1. The number of carbonyl (C=O) groups is 3. The predicted octanol–water partition coefficient (Wildman–Crippen LogP) is 1.81. The lowest BCUT2D eigenvalue weighted by Crippen LogP contribution is -2.35. The number of carbonyl (C=O) groups excluding carboxylic acids is 3. The average Bonchev–Trinajstić information content (AvgIpc) is 2.96. The van der Waals surface area contributed by atoms with E-state index >= 15 is 0 Å². The van der Waals surface area contributed by atoms with E-state index in [1.54, 1.807) is 0 Å². The maximum absolute atomic E-state index is 11.2. The Labute approximate surface area is 180 Å². The Kier molecular flexibility index (Phi) is 13.0. The van der Waals surface area contributed by atoms with Crippen LogP contribution in [0.15, 0.2) is 0 Å². The molecular weight excluding hydrogens is 392 g/mol. The van der Waals surface area contributed by atoms with Crippen LogP contribution in [0.2, 0.25) is 0 Å². The van der Waals surface area contributed by atoms with Crippen LogP contribution in [0.5, 0.6) is 0 Å². The van der Waals surface area contributed by atoms with Gasteiger partial charge in [0, 0.05) is 31.5 Å². The third-order valence-electron chi connectivity index (χ3n) is 4.38. The van der Waals surface area contributed by atoms with E-state index in [0.29, 0.717) is 37.2 Å². The van der Waals surface area contributed by atoms with Crippen LogP contribution in [0.4, 0.5) is 0 Å². The number of imide groups is 1. The average molecular weight is 433 g/mol. The number of hydroxylamine groups is 2. The van der Waals surface area contributed by atoms with Gasteiger partial charge in [-0.2, -0.15) is 0 Å². The number of hydrogen-bond acceptors (Lipinski definition) is 8. The van der Waals surface area contributed by atoms with Gasteiger partial charge in [0.2, 0.25) is 0 Å². The Morgan fingerprint density at radius 2 is 1.73 bits per heavy atom. The second kappa shape index (κ2) is 13.7. The standard InChI is InChI=1S/C11H17NO5.C10H23NO2/c1-8(2)5-6-16-7-11(15)17-12-9(13)3-4-10(12)14;1-9(2,7-11)8-13-10(3,4)5-6-12/h8H,3-7H2,1-2H3;12H,5-8,11H2,1-4H3. The van der Waals surface area contributed by atoms with Crippen LogP contribution in [0.25, 0.3) is 0 Å². The number of ether oxygens (including phenoxy) is 2. The van der Waals surface area contributed by atoms with Crippen LogP contribution < -0.4 is 5.73 Å². The summed E-state index contributed by atoms with van der Waals surface area (Å²) in [6, 6.07) is 0. The molecule has 30 heavy (non-hydrogen) atoms. The summed E-state index contributed by atoms with van der Waals surface area (Å²) in [5, 5.41) is 9.31. The van der Waals surface area contributed by atoms with Gasteiger partial charge in [-0.1, -0.05) is 27.7 Å². The summed E-state index contributed by atoms with van der Waals surface area (Å²) in [5.41, 5.74) is 5.35. The zero-order chi connectivity index (χ0) is 23.4. The van der Waals surface area contributed by atoms with Crippen LogP contribution in [-0.2, 0) is 28.7 Å². The first kappa shape index (κ1) is 28.5. The molecular formula is C21H40N2O7. The van der Waals surface area contributed by atoms with Gasteiger partial charge in [-0.3, -0.25) is 9.59 Å². The van der Waals surface area contributed by atoms with E-state index in [9.17, 15) is 14.4 Å². The molecule has 0 aromatic carbocycles. The Morgan fingerprint density at radius 3 is 2.20 bits per heavy atom. The summed E-state index contributed by atoms with van der Waals surface area (Å²) in [5.74, 6) is -1.19. The lowest BCUT2D eigenvalue weighted by Gasteiger charge is -2.30. The van der Waals surface area contributed by atoms with Crippen molar-refractivity contribution in [3.05, 3.63) is 0 Å². The maximum Gasteiger partial charge on any atom is 0.358 e. The van der Waals surface area contributed by atoms with Crippen LogP contribution in [0.3, 0.4) is 0 Å². The van der Waals surface area contributed by atoms with Crippen molar-refractivity contribution in [3.63, 3.8) is 0 Å². The van der Waals surface area contributed by atoms with Crippen molar-refractivity contribution in [2.24, 2.45) is 17.1 Å². The van der Waals surface area contributed by atoms with Crippen molar-refractivity contribution in [2.45, 2.75) is 72.8 Å². The second-order valence-electron chi connectivity index (χ2n) is 9.17. The Morgan fingerprint density at radius 1 is 1.17 bits per heavy atom. The summed E-state index contributed by atoms with van der Waals surface area (Å²) >= 11 is 0. The summed E-state index contributed by atoms with van der Waals surface area (Å²) in [6.45, 7) is 13.8. The molecule has 0 spiro atoms. The zero-order valence-electron chi connectivity index (χ0n) is 19.4. The summed E-state index contributed by atoms with van der Waals surface area (Å²) in [6.07, 6.45) is 1.70. The van der Waals surface area contributed by atoms with Crippen molar-refractivity contribution in [1.29, 1.82) is 0 Å². The number of nitrogens with two attached hydrogens (primary N) is 1. The van der Waals surface area contributed by atoms with Crippen molar-refractivity contribution < 1.29 is 33.8 Å². The minimum absolute atomic E-state index is 0.0206. The first-order valence-electron chi connectivity index (χ1n) is 10.4. The molecule has 0 aromatic heterocycles.